The lowest BCUT2D eigenvalue weighted by Crippen LogP contribution is -2.25. The molecular formula is C24H27N3O3S. The first-order chi connectivity index (χ1) is 15.0. The van der Waals surface area contributed by atoms with Gasteiger partial charge in [-0.15, -0.1) is 0 Å². The van der Waals surface area contributed by atoms with Crippen molar-refractivity contribution in [1.82, 2.24) is 0 Å². The van der Waals surface area contributed by atoms with Crippen molar-refractivity contribution in [2.45, 2.75) is 38.9 Å². The maximum atomic E-state index is 12.9. The van der Waals surface area contributed by atoms with Crippen LogP contribution in [0.3, 0.4) is 0 Å². The molecule has 0 aromatic heterocycles. The van der Waals surface area contributed by atoms with Gasteiger partial charge in [0.05, 0.1) is 34.7 Å². The highest BCUT2D eigenvalue weighted by molar-refractivity contribution is 8.15. The Bertz CT molecular complexity index is 999. The molecule has 0 fully saturated rings. The summed E-state index contributed by atoms with van der Waals surface area (Å²) >= 11 is 1.39. The molecule has 2 aromatic rings. The number of thioether (sulfide) groups is 1. The summed E-state index contributed by atoms with van der Waals surface area (Å²) in [5.74, 6) is -0.390. The Hall–Kier alpha value is -3.06. The van der Waals surface area contributed by atoms with Crippen LogP contribution < -0.4 is 10.6 Å². The summed E-state index contributed by atoms with van der Waals surface area (Å²) < 4.78 is 5.09. The van der Waals surface area contributed by atoms with E-state index in [9.17, 15) is 9.59 Å². The number of ether oxygens (including phenoxy) is 1. The van der Waals surface area contributed by atoms with Crippen molar-refractivity contribution in [3.8, 4) is 0 Å². The molecule has 2 aromatic carbocycles. The Morgan fingerprint density at radius 1 is 1.13 bits per heavy atom. The zero-order valence-electron chi connectivity index (χ0n) is 18.0. The van der Waals surface area contributed by atoms with Crippen LogP contribution in [0.4, 0.5) is 17.1 Å². The number of nitrogens with zero attached hydrogens (tertiary/aromatic N) is 1. The maximum absolute atomic E-state index is 12.9. The lowest BCUT2D eigenvalue weighted by molar-refractivity contribution is -0.142. The molecule has 0 saturated carbocycles. The molecule has 1 aliphatic heterocycles. The number of aliphatic imine (C=N–C) groups is 1. The van der Waals surface area contributed by atoms with Crippen LogP contribution in [-0.4, -0.2) is 28.8 Å². The van der Waals surface area contributed by atoms with Crippen molar-refractivity contribution in [2.75, 3.05) is 17.2 Å². The first kappa shape index (κ1) is 22.6. The molecule has 1 atom stereocenters. The van der Waals surface area contributed by atoms with E-state index in [1.165, 1.54) is 11.8 Å². The minimum Gasteiger partial charge on any atom is -0.466 e. The Balaban J connectivity index is 1.80. The highest BCUT2D eigenvalue weighted by Gasteiger charge is 2.22. The van der Waals surface area contributed by atoms with E-state index in [1.54, 1.807) is 6.92 Å². The van der Waals surface area contributed by atoms with Gasteiger partial charge in [0.2, 0.25) is 5.91 Å². The van der Waals surface area contributed by atoms with Crippen LogP contribution >= 0.6 is 11.8 Å². The Labute approximate surface area is 187 Å². The largest absolute Gasteiger partial charge is 0.466 e. The number of amides is 1. The van der Waals surface area contributed by atoms with Gasteiger partial charge in [-0.1, -0.05) is 48.5 Å². The zero-order valence-corrected chi connectivity index (χ0v) is 18.8. The van der Waals surface area contributed by atoms with Gasteiger partial charge in [-0.2, -0.15) is 0 Å². The van der Waals surface area contributed by atoms with E-state index < -0.39 is 0 Å². The van der Waals surface area contributed by atoms with Crippen molar-refractivity contribution in [1.29, 1.82) is 0 Å². The Morgan fingerprint density at radius 3 is 2.58 bits per heavy atom. The molecule has 0 bridgehead atoms. The number of fused-ring (bicyclic) bond motifs is 1. The fraction of sp³-hybridized carbons (Fsp3) is 0.292. The van der Waals surface area contributed by atoms with Crippen LogP contribution in [0.2, 0.25) is 0 Å². The normalized spacial score (nSPS) is 13.6. The fourth-order valence-corrected chi connectivity index (χ4v) is 4.02. The Morgan fingerprint density at radius 2 is 1.87 bits per heavy atom. The molecule has 0 saturated heterocycles. The number of benzene rings is 2. The quantitative estimate of drug-likeness (QED) is 0.564. The van der Waals surface area contributed by atoms with Gasteiger partial charge in [0.25, 0.3) is 0 Å². The van der Waals surface area contributed by atoms with Crippen molar-refractivity contribution < 1.29 is 14.3 Å². The number of carbonyl (C=O) groups is 2. The summed E-state index contributed by atoms with van der Waals surface area (Å²) in [4.78, 5) is 29.7. The van der Waals surface area contributed by atoms with Crippen molar-refractivity contribution in [3.05, 3.63) is 65.9 Å². The van der Waals surface area contributed by atoms with Gasteiger partial charge in [0.1, 0.15) is 0 Å². The van der Waals surface area contributed by atoms with E-state index in [-0.39, 0.29) is 23.5 Å². The van der Waals surface area contributed by atoms with Crippen LogP contribution in [0, 0.1) is 6.92 Å². The summed E-state index contributed by atoms with van der Waals surface area (Å²) in [5, 5.41) is 6.60. The number of para-hydroxylation sites is 2. The molecule has 0 spiro atoms. The van der Waals surface area contributed by atoms with Crippen molar-refractivity contribution in [2.24, 2.45) is 4.99 Å². The molecule has 0 aliphatic carbocycles. The van der Waals surface area contributed by atoms with E-state index in [0.29, 0.717) is 23.8 Å². The number of carbonyl (C=O) groups excluding carboxylic acids is 2. The second kappa shape index (κ2) is 10.8. The van der Waals surface area contributed by atoms with Gasteiger partial charge in [0, 0.05) is 11.4 Å². The van der Waals surface area contributed by atoms with Crippen molar-refractivity contribution >= 4 is 45.7 Å². The third-order valence-electron chi connectivity index (χ3n) is 4.61. The molecule has 1 aliphatic rings. The molecule has 1 amide bonds. The lowest BCUT2D eigenvalue weighted by atomic mass is 10.2. The molecule has 1 heterocycles. The van der Waals surface area contributed by atoms with Crippen LogP contribution in [0.15, 0.2) is 65.3 Å². The van der Waals surface area contributed by atoms with Crippen LogP contribution in [-0.2, 0) is 14.3 Å². The number of hydrogen-bond acceptors (Lipinski definition) is 6. The summed E-state index contributed by atoms with van der Waals surface area (Å²) in [7, 11) is 0. The number of nitrogens with one attached hydrogen (secondary N) is 2. The lowest BCUT2D eigenvalue weighted by Gasteiger charge is -2.15. The summed E-state index contributed by atoms with van der Waals surface area (Å²) in [6.45, 7) is 6.09. The zero-order chi connectivity index (χ0) is 22.2. The van der Waals surface area contributed by atoms with Gasteiger partial charge in [-0.05, 0) is 50.6 Å². The van der Waals surface area contributed by atoms with Crippen LogP contribution in [0.1, 0.15) is 32.3 Å². The highest BCUT2D eigenvalue weighted by atomic mass is 32.2. The fourth-order valence-electron chi connectivity index (χ4n) is 3.04. The van der Waals surface area contributed by atoms with E-state index in [4.69, 9.17) is 9.73 Å². The second-order valence-corrected chi connectivity index (χ2v) is 8.34. The standard InChI is InChI=1S/C24H27N3O3S/c1-4-21(24(29)26-17-12-10-16(3)11-13-17)31-22-14-18(15-23(28)30-5-2)25-19-8-6-7-9-20(19)27-22/h6-14,21,25H,4-5,15H2,1-3H3,(H,26,29). The molecule has 162 valence electrons. The monoisotopic (exact) mass is 437 g/mol. The molecule has 1 unspecified atom stereocenters. The predicted molar refractivity (Wildman–Crippen MR) is 128 cm³/mol. The van der Waals surface area contributed by atoms with Crippen LogP contribution in [0.5, 0.6) is 0 Å². The average Bonchev–Trinajstić information content (AvgIpc) is 2.92. The highest BCUT2D eigenvalue weighted by Crippen LogP contribution is 2.32. The molecule has 6 nitrogen and oxygen atoms in total. The number of rotatable bonds is 7. The summed E-state index contributed by atoms with van der Waals surface area (Å²) in [6.07, 6.45) is 2.56. The van der Waals surface area contributed by atoms with Crippen molar-refractivity contribution in [3.63, 3.8) is 0 Å². The van der Waals surface area contributed by atoms with Gasteiger partial charge in [-0.3, -0.25) is 9.59 Å². The third-order valence-corrected chi connectivity index (χ3v) is 5.90. The minimum atomic E-state index is -0.328. The number of aryl methyl sites for hydroxylation is 1. The molecule has 31 heavy (non-hydrogen) atoms. The van der Waals surface area contributed by atoms with Gasteiger partial charge in [-0.25, -0.2) is 4.99 Å². The third kappa shape index (κ3) is 6.46. The SMILES string of the molecule is CCOC(=O)CC1=CC(SC(CC)C(=O)Nc2ccc(C)cc2)=Nc2ccccc2N1. The topological polar surface area (TPSA) is 79.8 Å². The van der Waals surface area contributed by atoms with Gasteiger partial charge >= 0.3 is 5.97 Å². The van der Waals surface area contributed by atoms with E-state index in [2.05, 4.69) is 10.6 Å². The molecule has 0 radical (unpaired) electrons. The Kier molecular flexibility index (Phi) is 7.89. The number of anilines is 2. The van der Waals surface area contributed by atoms with E-state index in [0.717, 1.165) is 22.6 Å². The number of hydrogen-bond donors (Lipinski definition) is 2. The predicted octanol–water partition coefficient (Wildman–Crippen LogP) is 5.44. The number of esters is 1. The average molecular weight is 438 g/mol. The summed E-state index contributed by atoms with van der Waals surface area (Å²) in [6, 6.07) is 15.3. The molecular weight excluding hydrogens is 410 g/mol. The smallest absolute Gasteiger partial charge is 0.311 e. The molecule has 2 N–H and O–H groups in total. The van der Waals surface area contributed by atoms with E-state index in [1.807, 2.05) is 68.5 Å². The first-order valence-corrected chi connectivity index (χ1v) is 11.2. The first-order valence-electron chi connectivity index (χ1n) is 10.3. The summed E-state index contributed by atoms with van der Waals surface area (Å²) in [5.41, 5.74) is 4.16. The van der Waals surface area contributed by atoms with E-state index >= 15 is 0 Å². The minimum absolute atomic E-state index is 0.0788. The van der Waals surface area contributed by atoms with Crippen LogP contribution in [0.25, 0.3) is 0 Å². The molecule has 7 heteroatoms. The van der Waals surface area contributed by atoms with Gasteiger partial charge in [0.15, 0.2) is 0 Å². The van der Waals surface area contributed by atoms with Gasteiger partial charge < -0.3 is 15.4 Å². The molecule has 3 rings (SSSR count). The second-order valence-electron chi connectivity index (χ2n) is 7.11. The maximum Gasteiger partial charge on any atom is 0.311 e.